The second-order valence-corrected chi connectivity index (χ2v) is 8.39. The molecule has 0 radical (unpaired) electrons. The van der Waals surface area contributed by atoms with E-state index in [-0.39, 0.29) is 6.04 Å². The van der Waals surface area contributed by atoms with Crippen LogP contribution in [0.2, 0.25) is 0 Å². The maximum absolute atomic E-state index is 10.9. The average molecular weight is 501 g/mol. The third kappa shape index (κ3) is 7.05. The first kappa shape index (κ1) is 27.2. The minimum atomic E-state index is 0.263. The fourth-order valence-electron chi connectivity index (χ4n) is 4.02. The summed E-state index contributed by atoms with van der Waals surface area (Å²) < 4.78 is 1.99. The van der Waals surface area contributed by atoms with Crippen LogP contribution < -0.4 is 11.1 Å². The van der Waals surface area contributed by atoms with E-state index in [0.29, 0.717) is 17.7 Å². The van der Waals surface area contributed by atoms with Gasteiger partial charge in [-0.05, 0) is 44.6 Å². The van der Waals surface area contributed by atoms with Gasteiger partial charge in [0.15, 0.2) is 5.65 Å². The molecule has 4 heterocycles. The van der Waals surface area contributed by atoms with Crippen molar-refractivity contribution in [3.8, 4) is 11.3 Å². The van der Waals surface area contributed by atoms with Gasteiger partial charge in [-0.15, -0.1) is 0 Å². The number of nitrogens with one attached hydrogen (secondary N) is 1. The Bertz CT molecular complexity index is 1300. The zero-order chi connectivity index (χ0) is 26.6. The maximum Gasteiger partial charge on any atom is 0.164 e. The fraction of sp³-hybridized carbons (Fsp3) is 0.259. The van der Waals surface area contributed by atoms with Gasteiger partial charge in [-0.2, -0.15) is 5.10 Å². The van der Waals surface area contributed by atoms with E-state index >= 15 is 0 Å². The number of likely N-dealkylation sites (tertiary alicyclic amines) is 1. The second-order valence-electron chi connectivity index (χ2n) is 8.39. The van der Waals surface area contributed by atoms with Crippen molar-refractivity contribution in [1.82, 2.24) is 29.6 Å². The Morgan fingerprint density at radius 1 is 1.11 bits per heavy atom. The van der Waals surface area contributed by atoms with Crippen LogP contribution in [0.25, 0.3) is 22.3 Å². The number of carbonyl (C=O) groups excluding carboxylic acids is 2. The molecule has 1 aliphatic rings. The van der Waals surface area contributed by atoms with Gasteiger partial charge in [0.05, 0.1) is 11.4 Å². The quantitative estimate of drug-likeness (QED) is 0.311. The highest BCUT2D eigenvalue weighted by Crippen LogP contribution is 2.33. The number of nitrogen functional groups attached to an aromatic ring is 1. The van der Waals surface area contributed by atoms with Crippen LogP contribution in [0.3, 0.4) is 0 Å². The number of benzene rings is 1. The Hall–Kier alpha value is -4.44. The number of piperidine rings is 1. The van der Waals surface area contributed by atoms with Crippen molar-refractivity contribution in [3.63, 3.8) is 0 Å². The zero-order valence-electron chi connectivity index (χ0n) is 21.1. The summed E-state index contributed by atoms with van der Waals surface area (Å²) >= 11 is 0. The number of rotatable bonds is 5. The van der Waals surface area contributed by atoms with E-state index < -0.39 is 0 Å². The highest BCUT2D eigenvalue weighted by Gasteiger charge is 2.25. The van der Waals surface area contributed by atoms with Crippen molar-refractivity contribution >= 4 is 35.2 Å². The first-order valence-electron chi connectivity index (χ1n) is 11.9. The summed E-state index contributed by atoms with van der Waals surface area (Å²) in [7, 11) is 3.97. The molecule has 0 bridgehead atoms. The number of hydrogen-bond acceptors (Lipinski definition) is 9. The second kappa shape index (κ2) is 13.6. The summed E-state index contributed by atoms with van der Waals surface area (Å²) in [5, 5.41) is 8.54. The third-order valence-corrected chi connectivity index (χ3v) is 5.80. The minimum Gasteiger partial charge on any atom is -0.383 e. The lowest BCUT2D eigenvalue weighted by molar-refractivity contribution is -0.104. The van der Waals surface area contributed by atoms with E-state index in [1.807, 2.05) is 42.1 Å². The van der Waals surface area contributed by atoms with Crippen LogP contribution in [0.4, 0.5) is 11.6 Å². The normalized spacial score (nSPS) is 14.9. The Morgan fingerprint density at radius 3 is 2.43 bits per heavy atom. The summed E-state index contributed by atoms with van der Waals surface area (Å²) in [4.78, 5) is 34.9. The number of aldehydes is 2. The summed E-state index contributed by atoms with van der Waals surface area (Å²) in [6.07, 6.45) is 8.10. The van der Waals surface area contributed by atoms with E-state index in [9.17, 15) is 4.79 Å². The summed E-state index contributed by atoms with van der Waals surface area (Å²) in [6.45, 7) is 5.15. The van der Waals surface area contributed by atoms with Crippen LogP contribution >= 0.6 is 0 Å². The molecule has 1 saturated heterocycles. The zero-order valence-corrected chi connectivity index (χ0v) is 21.1. The molecular weight excluding hydrogens is 468 g/mol. The van der Waals surface area contributed by atoms with Gasteiger partial charge in [0, 0.05) is 30.9 Å². The lowest BCUT2D eigenvalue weighted by atomic mass is 10.1. The summed E-state index contributed by atoms with van der Waals surface area (Å²) in [5.74, 6) is 1.34. The predicted molar refractivity (Wildman–Crippen MR) is 146 cm³/mol. The van der Waals surface area contributed by atoms with Crippen molar-refractivity contribution in [1.29, 1.82) is 0 Å². The average Bonchev–Trinajstić information content (AvgIpc) is 3.35. The van der Waals surface area contributed by atoms with E-state index in [4.69, 9.17) is 15.6 Å². The molecule has 1 fully saturated rings. The van der Waals surface area contributed by atoms with Crippen LogP contribution in [-0.2, 0) is 4.79 Å². The molecule has 192 valence electrons. The maximum atomic E-state index is 10.9. The molecule has 0 aliphatic carbocycles. The van der Waals surface area contributed by atoms with Crippen LogP contribution in [0.15, 0.2) is 67.6 Å². The van der Waals surface area contributed by atoms with Gasteiger partial charge in [-0.25, -0.2) is 19.6 Å². The Kier molecular flexibility index (Phi) is 9.98. The van der Waals surface area contributed by atoms with Crippen molar-refractivity contribution in [2.45, 2.75) is 18.9 Å². The van der Waals surface area contributed by atoms with E-state index in [1.54, 1.807) is 18.3 Å². The first-order chi connectivity index (χ1) is 18.0. The molecule has 3 N–H and O–H groups in total. The summed E-state index contributed by atoms with van der Waals surface area (Å²) in [6, 6.07) is 13.3. The third-order valence-electron chi connectivity index (χ3n) is 5.80. The molecule has 0 amide bonds. The number of fused-ring (bicyclic) bond motifs is 1. The number of anilines is 2. The van der Waals surface area contributed by atoms with Crippen LogP contribution in [0, 0.1) is 0 Å². The van der Waals surface area contributed by atoms with E-state index in [0.717, 1.165) is 60.3 Å². The molecule has 10 heteroatoms. The largest absolute Gasteiger partial charge is 0.383 e. The van der Waals surface area contributed by atoms with Gasteiger partial charge >= 0.3 is 0 Å². The molecule has 3 aromatic heterocycles. The molecule has 5 rings (SSSR count). The Labute approximate surface area is 216 Å². The van der Waals surface area contributed by atoms with E-state index in [1.165, 1.54) is 12.4 Å². The minimum absolute atomic E-state index is 0.263. The molecule has 1 aromatic carbocycles. The monoisotopic (exact) mass is 500 g/mol. The van der Waals surface area contributed by atoms with Crippen molar-refractivity contribution in [2.75, 3.05) is 38.2 Å². The van der Waals surface area contributed by atoms with Gasteiger partial charge in [0.2, 0.25) is 0 Å². The van der Waals surface area contributed by atoms with Gasteiger partial charge in [0.25, 0.3) is 0 Å². The molecule has 1 atom stereocenters. The smallest absolute Gasteiger partial charge is 0.164 e. The molecule has 1 unspecified atom stereocenters. The first-order valence-corrected chi connectivity index (χ1v) is 11.9. The van der Waals surface area contributed by atoms with E-state index in [2.05, 4.69) is 38.8 Å². The van der Waals surface area contributed by atoms with Crippen molar-refractivity contribution < 1.29 is 9.59 Å². The Morgan fingerprint density at radius 2 is 1.86 bits per heavy atom. The van der Waals surface area contributed by atoms with Gasteiger partial charge < -0.3 is 16.0 Å². The van der Waals surface area contributed by atoms with Gasteiger partial charge in [0.1, 0.15) is 36.2 Å². The molecule has 0 saturated carbocycles. The number of pyridine rings is 1. The number of hydrogen-bond donors (Lipinski definition) is 2. The molecule has 4 aromatic rings. The Balaban J connectivity index is 0.000000263. The standard InChI is InChI=1S/C18H20N6O.C6H8N2.C3H4O/c1-23-8-2-3-14(9-23)24-18-15(17(19)20-11-21-18)16(22-24)13-6-4-12(10-25)5-7-13;1-7-6-4-2-3-5-8-6;1-2-3-4/h4-7,10-11,14H,2-3,8-9H2,1H3,(H2,19,20,21);2-5H,1H3,(H,7,8);2-3H,1H2. The molecule has 0 spiro atoms. The highest BCUT2D eigenvalue weighted by atomic mass is 16.1. The highest BCUT2D eigenvalue weighted by molar-refractivity contribution is 5.98. The number of nitrogens with two attached hydrogens (primary N) is 1. The molecule has 1 aliphatic heterocycles. The number of nitrogens with zero attached hydrogens (tertiary/aromatic N) is 6. The van der Waals surface area contributed by atoms with Crippen LogP contribution in [0.1, 0.15) is 29.2 Å². The van der Waals surface area contributed by atoms with Gasteiger partial charge in [-0.1, -0.05) is 36.9 Å². The fourth-order valence-corrected chi connectivity index (χ4v) is 4.02. The number of likely N-dealkylation sites (N-methyl/N-ethyl adjacent to an activating group) is 1. The number of carbonyl (C=O) groups is 2. The topological polar surface area (TPSA) is 132 Å². The lowest BCUT2D eigenvalue weighted by Crippen LogP contribution is -2.34. The lowest BCUT2D eigenvalue weighted by Gasteiger charge is -2.29. The van der Waals surface area contributed by atoms with Crippen LogP contribution in [-0.4, -0.2) is 69.4 Å². The predicted octanol–water partition coefficient (Wildman–Crippen LogP) is 3.65. The van der Waals surface area contributed by atoms with Gasteiger partial charge in [-0.3, -0.25) is 9.59 Å². The molecule has 37 heavy (non-hydrogen) atoms. The summed E-state index contributed by atoms with van der Waals surface area (Å²) in [5.41, 5.74) is 9.21. The molecule has 10 nitrogen and oxygen atoms in total. The molecular formula is C27H32N8O2. The van der Waals surface area contributed by atoms with Crippen molar-refractivity contribution in [2.24, 2.45) is 0 Å². The number of allylic oxidation sites excluding steroid dienone is 1. The number of aromatic nitrogens is 5. The van der Waals surface area contributed by atoms with Crippen molar-refractivity contribution in [3.05, 3.63) is 73.2 Å². The SMILES string of the molecule is C=CC=O.CN1CCCC(n2nc(-c3ccc(C=O)cc3)c3c(N)ncnc32)C1.CNc1ccccn1. The van der Waals surface area contributed by atoms with Crippen LogP contribution in [0.5, 0.6) is 0 Å².